The van der Waals surface area contributed by atoms with Crippen molar-refractivity contribution in [2.45, 2.75) is 197 Å². The zero-order valence-corrected chi connectivity index (χ0v) is 65.7. The van der Waals surface area contributed by atoms with Crippen LogP contribution in [0, 0.1) is 0 Å². The van der Waals surface area contributed by atoms with Crippen molar-refractivity contribution < 1.29 is 109 Å². The molecule has 115 heavy (non-hydrogen) atoms. The lowest BCUT2D eigenvalue weighted by atomic mass is 9.94. The molecule has 4 aliphatic rings. The van der Waals surface area contributed by atoms with E-state index in [-0.39, 0.29) is 65.5 Å². The molecule has 27 heteroatoms. The van der Waals surface area contributed by atoms with Gasteiger partial charge < -0.3 is 85.8 Å². The standard InChI is InChI=1S/C88H94Cl2N2O23/c1-54-70(109-82(96)65-27-17-9-18-28-65)45-72(102-48-63-31-37-67(89)38-32-63)84(106-54)113-77-74(52-99-47-60-21-11-6-12-22-60)111-86(100-44-43-59-35-41-69(42-36-59)92-88(98)105-51-62-25-15-8-16-26-62)76(91-56(3)93)79(77)114-87-81(80(104-50-61-23-13-7-14-24-61)78(108-58(5)95)75(112-87)53-101-57(4)94)115-85-73(103-49-64-33-39-68(90)40-34-64)46-71(55(2)107-85)110-83(97)66-29-19-10-20-30-66/h6-42,54-55,70-81,84-87H,43-53H2,1-5H3,(H,91,93)(H,92,98)/t54-,55-,70-,71-,72-,73-,74+,75+,76+,77+,78-,79+,80-,81+,84-,85-,86+,87-/m0/s1. The summed E-state index contributed by atoms with van der Waals surface area (Å²) in [4.78, 5) is 82.1. The van der Waals surface area contributed by atoms with Crippen molar-refractivity contribution in [2.24, 2.45) is 0 Å². The summed E-state index contributed by atoms with van der Waals surface area (Å²) in [6.45, 7) is 6.29. The Morgan fingerprint density at radius 2 is 0.835 bits per heavy atom. The van der Waals surface area contributed by atoms with Crippen molar-refractivity contribution in [3.63, 3.8) is 0 Å². The number of benzene rings is 8. The van der Waals surface area contributed by atoms with Crippen LogP contribution < -0.4 is 10.6 Å². The summed E-state index contributed by atoms with van der Waals surface area (Å²) in [5.41, 5.74) is 5.61. The average Bonchev–Trinajstić information content (AvgIpc) is 0.757. The molecular weight excluding hydrogens is 1520 g/mol. The molecule has 0 saturated carbocycles. The minimum absolute atomic E-state index is 0.00249. The van der Waals surface area contributed by atoms with Gasteiger partial charge in [-0.2, -0.15) is 0 Å². The van der Waals surface area contributed by atoms with Crippen LogP contribution in [0.3, 0.4) is 0 Å². The summed E-state index contributed by atoms with van der Waals surface area (Å²) in [5.74, 6) is -3.28. The van der Waals surface area contributed by atoms with Gasteiger partial charge in [0.1, 0.15) is 80.3 Å². The zero-order chi connectivity index (χ0) is 80.6. The molecule has 12 rings (SSSR count). The third kappa shape index (κ3) is 25.0. The minimum atomic E-state index is -1.79. The number of esters is 4. The second-order valence-corrected chi connectivity index (χ2v) is 29.1. The van der Waals surface area contributed by atoms with Crippen LogP contribution in [0.15, 0.2) is 224 Å². The quantitative estimate of drug-likeness (QED) is 0.0280. The summed E-state index contributed by atoms with van der Waals surface area (Å²) >= 11 is 12.8. The Kier molecular flexibility index (Phi) is 31.3. The second kappa shape index (κ2) is 42.4. The lowest BCUT2D eigenvalue weighted by Crippen LogP contribution is -2.70. The van der Waals surface area contributed by atoms with Crippen molar-refractivity contribution >= 4 is 64.8 Å². The maximum absolute atomic E-state index is 14.3. The van der Waals surface area contributed by atoms with E-state index in [1.165, 1.54) is 20.8 Å². The first-order chi connectivity index (χ1) is 55.8. The lowest BCUT2D eigenvalue weighted by Gasteiger charge is -2.52. The Labute approximate surface area is 677 Å². The van der Waals surface area contributed by atoms with Crippen LogP contribution in [-0.4, -0.2) is 166 Å². The third-order valence-corrected chi connectivity index (χ3v) is 20.1. The number of carbonyl (C=O) groups excluding carboxylic acids is 6. The summed E-state index contributed by atoms with van der Waals surface area (Å²) in [6, 6.07) is 64.7. The molecule has 4 heterocycles. The van der Waals surface area contributed by atoms with Crippen molar-refractivity contribution in [2.75, 3.05) is 25.1 Å². The number of halogens is 2. The molecule has 18 atom stereocenters. The van der Waals surface area contributed by atoms with Crippen LogP contribution in [0.2, 0.25) is 10.0 Å². The molecule has 2 N–H and O–H groups in total. The van der Waals surface area contributed by atoms with Gasteiger partial charge in [-0.1, -0.05) is 187 Å². The molecule has 4 fully saturated rings. The molecule has 0 spiro atoms. The van der Waals surface area contributed by atoms with Crippen molar-refractivity contribution in [3.8, 4) is 0 Å². The topological polar surface area (TPSA) is 283 Å². The van der Waals surface area contributed by atoms with Crippen LogP contribution >= 0.6 is 23.2 Å². The van der Waals surface area contributed by atoms with Gasteiger partial charge >= 0.3 is 30.0 Å². The number of ether oxygens (including phenoxy) is 17. The number of amides is 2. The summed E-state index contributed by atoms with van der Waals surface area (Å²) < 4.78 is 115. The van der Waals surface area contributed by atoms with Crippen LogP contribution in [0.25, 0.3) is 0 Å². The second-order valence-electron chi connectivity index (χ2n) is 28.2. The highest BCUT2D eigenvalue weighted by Crippen LogP contribution is 2.40. The van der Waals surface area contributed by atoms with E-state index >= 15 is 0 Å². The van der Waals surface area contributed by atoms with E-state index in [2.05, 4.69) is 10.6 Å². The molecule has 608 valence electrons. The van der Waals surface area contributed by atoms with Gasteiger partial charge in [0.05, 0.1) is 63.0 Å². The molecule has 8 aromatic rings. The Morgan fingerprint density at radius 3 is 1.34 bits per heavy atom. The molecule has 0 aromatic heterocycles. The Hall–Kier alpha value is -9.52. The SMILES string of the molecule is CC(=O)N[C@H]1[C@H](OCCc2ccc(NC(=O)OCc3ccccc3)cc2)O[C@H](COCc2ccccc2)[C@@H](O[C@@H]2O[C@@H](C)[C@@H](OC(=O)c3ccccc3)C[C@@H]2OCc2ccc(Cl)cc2)[C@@H]1O[C@@H]1O[C@H](COC(C)=O)[C@H](OC(C)=O)[C@H](OCc2ccccc2)[C@H]1O[C@@H]1O[C@@H](C)[C@@H](OC(=O)c2ccccc2)C[C@@H]1OCc1ccc(Cl)cc1. The maximum Gasteiger partial charge on any atom is 0.411 e. The van der Waals surface area contributed by atoms with Gasteiger partial charge in [0, 0.05) is 49.3 Å². The van der Waals surface area contributed by atoms with Gasteiger partial charge in [-0.25, -0.2) is 14.4 Å². The van der Waals surface area contributed by atoms with Gasteiger partial charge in [-0.05, 0) is 114 Å². The van der Waals surface area contributed by atoms with Crippen LogP contribution in [0.1, 0.15) is 102 Å². The van der Waals surface area contributed by atoms with Gasteiger partial charge in [0.15, 0.2) is 31.3 Å². The molecular formula is C88H94Cl2N2O23. The van der Waals surface area contributed by atoms with Crippen molar-refractivity contribution in [3.05, 3.63) is 279 Å². The Balaban J connectivity index is 0.958. The zero-order valence-electron chi connectivity index (χ0n) is 64.2. The number of hydrogen-bond donors (Lipinski definition) is 2. The third-order valence-electron chi connectivity index (χ3n) is 19.6. The first-order valence-electron chi connectivity index (χ1n) is 38.2. The molecule has 0 bridgehead atoms. The van der Waals surface area contributed by atoms with E-state index in [0.29, 0.717) is 38.0 Å². The molecule has 4 saturated heterocycles. The van der Waals surface area contributed by atoms with Crippen molar-refractivity contribution in [1.29, 1.82) is 0 Å². The van der Waals surface area contributed by atoms with Crippen LogP contribution in [0.5, 0.6) is 0 Å². The Morgan fingerprint density at radius 1 is 0.391 bits per heavy atom. The van der Waals surface area contributed by atoms with E-state index in [9.17, 15) is 28.8 Å². The highest BCUT2D eigenvalue weighted by molar-refractivity contribution is 6.30. The predicted molar refractivity (Wildman–Crippen MR) is 418 cm³/mol. The normalized spacial score (nSPS) is 25.9. The van der Waals surface area contributed by atoms with E-state index in [4.69, 9.17) is 104 Å². The fraction of sp³-hybridized carbons (Fsp3) is 0.386. The number of hydrogen-bond acceptors (Lipinski definition) is 23. The molecule has 8 aromatic carbocycles. The molecule has 0 unspecified atom stereocenters. The van der Waals surface area contributed by atoms with E-state index in [1.807, 2.05) is 103 Å². The number of rotatable bonds is 34. The summed E-state index contributed by atoms with van der Waals surface area (Å²) in [6.07, 6.45) is -22.3. The fourth-order valence-electron chi connectivity index (χ4n) is 13.7. The average molecular weight is 1620 g/mol. The molecule has 0 radical (unpaired) electrons. The van der Waals surface area contributed by atoms with Gasteiger partial charge in [0.2, 0.25) is 5.91 Å². The van der Waals surface area contributed by atoms with Gasteiger partial charge in [-0.15, -0.1) is 0 Å². The molecule has 0 aliphatic carbocycles. The molecule has 2 amide bonds. The van der Waals surface area contributed by atoms with E-state index in [0.717, 1.165) is 22.3 Å². The Bertz CT molecular complexity index is 4380. The first kappa shape index (κ1) is 84.9. The van der Waals surface area contributed by atoms with Crippen molar-refractivity contribution in [1.82, 2.24) is 5.32 Å². The predicted octanol–water partition coefficient (Wildman–Crippen LogP) is 13.6. The minimum Gasteiger partial charge on any atom is -0.463 e. The van der Waals surface area contributed by atoms with Gasteiger partial charge in [-0.3, -0.25) is 19.7 Å². The largest absolute Gasteiger partial charge is 0.463 e. The monoisotopic (exact) mass is 1620 g/mol. The van der Waals surface area contributed by atoms with Gasteiger partial charge in [0.25, 0.3) is 0 Å². The summed E-state index contributed by atoms with van der Waals surface area (Å²) in [5, 5.41) is 6.85. The number of carbonyl (C=O) groups is 6. The van der Waals surface area contributed by atoms with Crippen LogP contribution in [0.4, 0.5) is 10.5 Å². The fourth-order valence-corrected chi connectivity index (χ4v) is 13.9. The van der Waals surface area contributed by atoms with E-state index in [1.54, 1.807) is 135 Å². The van der Waals surface area contributed by atoms with E-state index < -0.39 is 153 Å². The van der Waals surface area contributed by atoms with Crippen LogP contribution in [-0.2, 0) is 134 Å². The summed E-state index contributed by atoms with van der Waals surface area (Å²) in [7, 11) is 0. The maximum atomic E-state index is 14.3. The number of anilines is 1. The molecule has 25 nitrogen and oxygen atoms in total. The smallest absolute Gasteiger partial charge is 0.411 e. The number of nitrogens with one attached hydrogen (secondary N) is 2. The highest BCUT2D eigenvalue weighted by Gasteiger charge is 2.58. The highest BCUT2D eigenvalue weighted by atomic mass is 35.5. The first-order valence-corrected chi connectivity index (χ1v) is 38.9. The lowest BCUT2D eigenvalue weighted by molar-refractivity contribution is -0.391. The molecule has 4 aliphatic heterocycles.